The minimum absolute atomic E-state index is 0.0507. The summed E-state index contributed by atoms with van der Waals surface area (Å²) in [4.78, 5) is 17.3. The van der Waals surface area contributed by atoms with Crippen LogP contribution in [0.4, 0.5) is 5.69 Å². The molecular formula is C21H24N2O. The number of carbonyl (C=O) groups excluding carboxylic acids is 1. The maximum atomic E-state index is 12.6. The molecule has 124 valence electrons. The normalized spacial score (nSPS) is 38.4. The molecule has 3 heterocycles. The number of amides is 1. The number of rotatable bonds is 0. The molecule has 0 radical (unpaired) electrons. The Kier molecular flexibility index (Phi) is 2.78. The summed E-state index contributed by atoms with van der Waals surface area (Å²) in [6.07, 6.45) is 4.57. The van der Waals surface area contributed by atoms with Gasteiger partial charge < -0.3 is 4.90 Å². The van der Waals surface area contributed by atoms with Crippen molar-refractivity contribution in [1.29, 1.82) is 0 Å². The molecule has 1 saturated carbocycles. The number of anilines is 1. The number of hydrogen-bond donors (Lipinski definition) is 0. The summed E-state index contributed by atoms with van der Waals surface area (Å²) in [5.41, 5.74) is 5.29. The van der Waals surface area contributed by atoms with Crippen molar-refractivity contribution < 1.29 is 4.79 Å². The first-order valence-corrected chi connectivity index (χ1v) is 9.06. The molecule has 5 rings (SSSR count). The molecule has 0 aromatic heterocycles. The number of piperidine rings is 1. The highest BCUT2D eigenvalue weighted by Crippen LogP contribution is 2.62. The van der Waals surface area contributed by atoms with E-state index in [0.717, 1.165) is 31.6 Å². The standard InChI is InChI=1S/C21H24N2O/c1-4-15-12-22-10-9-21-17-7-5-6-8-18(17)23(14(3)24)20(21)13(2)16(15)11-19(21)22/h4-8,16,19-20H,2,9-12H2,1,3H3/b15-4+. The van der Waals surface area contributed by atoms with Crippen LogP contribution in [0.1, 0.15) is 32.3 Å². The Labute approximate surface area is 143 Å². The first-order chi connectivity index (χ1) is 11.6. The molecule has 1 aromatic carbocycles. The largest absolute Gasteiger partial charge is 0.304 e. The van der Waals surface area contributed by atoms with Crippen molar-refractivity contribution in [1.82, 2.24) is 4.90 Å². The number of para-hydroxylation sites is 1. The van der Waals surface area contributed by atoms with Crippen molar-refractivity contribution in [2.75, 3.05) is 18.0 Å². The predicted molar refractivity (Wildman–Crippen MR) is 96.1 cm³/mol. The van der Waals surface area contributed by atoms with Gasteiger partial charge in [0.05, 0.1) is 6.04 Å². The third kappa shape index (κ3) is 1.46. The van der Waals surface area contributed by atoms with Gasteiger partial charge in [0.15, 0.2) is 0 Å². The minimum atomic E-state index is 0.0507. The Morgan fingerprint density at radius 2 is 2.17 bits per heavy atom. The van der Waals surface area contributed by atoms with Gasteiger partial charge in [0.25, 0.3) is 0 Å². The van der Waals surface area contributed by atoms with E-state index >= 15 is 0 Å². The first kappa shape index (κ1) is 14.5. The van der Waals surface area contributed by atoms with Crippen molar-refractivity contribution in [2.45, 2.75) is 44.2 Å². The Hall–Kier alpha value is -1.87. The predicted octanol–water partition coefficient (Wildman–Crippen LogP) is 3.27. The first-order valence-electron chi connectivity index (χ1n) is 9.06. The fraction of sp³-hybridized carbons (Fsp3) is 0.476. The maximum absolute atomic E-state index is 12.6. The van der Waals surface area contributed by atoms with Gasteiger partial charge in [0.1, 0.15) is 0 Å². The molecular weight excluding hydrogens is 296 g/mol. The highest BCUT2D eigenvalue weighted by molar-refractivity contribution is 5.97. The number of benzene rings is 1. The summed E-state index contributed by atoms with van der Waals surface area (Å²) in [6.45, 7) is 10.6. The molecule has 1 aliphatic carbocycles. The zero-order valence-electron chi connectivity index (χ0n) is 14.5. The van der Waals surface area contributed by atoms with Crippen LogP contribution in [0.5, 0.6) is 0 Å². The summed E-state index contributed by atoms with van der Waals surface area (Å²) in [5.74, 6) is 0.578. The Morgan fingerprint density at radius 3 is 2.92 bits per heavy atom. The number of nitrogens with zero attached hydrogens (tertiary/aromatic N) is 2. The molecule has 1 aromatic rings. The highest BCUT2D eigenvalue weighted by Gasteiger charge is 2.65. The lowest BCUT2D eigenvalue weighted by atomic mass is 9.58. The fourth-order valence-corrected chi connectivity index (χ4v) is 6.19. The molecule has 4 unspecified atom stereocenters. The second-order valence-corrected chi connectivity index (χ2v) is 7.81. The molecule has 4 atom stereocenters. The number of hydrogen-bond acceptors (Lipinski definition) is 2. The molecule has 2 bridgehead atoms. The zero-order valence-corrected chi connectivity index (χ0v) is 14.5. The van der Waals surface area contributed by atoms with E-state index in [-0.39, 0.29) is 17.4 Å². The van der Waals surface area contributed by atoms with E-state index in [0.29, 0.717) is 12.0 Å². The van der Waals surface area contributed by atoms with Gasteiger partial charge in [0, 0.05) is 36.5 Å². The summed E-state index contributed by atoms with van der Waals surface area (Å²) >= 11 is 0. The van der Waals surface area contributed by atoms with Crippen LogP contribution < -0.4 is 4.90 Å². The fourth-order valence-electron chi connectivity index (χ4n) is 6.19. The van der Waals surface area contributed by atoms with Crippen molar-refractivity contribution in [3.8, 4) is 0 Å². The molecule has 3 nitrogen and oxygen atoms in total. The van der Waals surface area contributed by atoms with Crippen LogP contribution in [0, 0.1) is 5.92 Å². The second-order valence-electron chi connectivity index (χ2n) is 7.81. The SMILES string of the molecule is C=C1C2CC3N(CCC34c3ccccc3N(C(C)=O)C14)C/C2=C\C. The van der Waals surface area contributed by atoms with E-state index in [1.54, 1.807) is 6.92 Å². The second kappa shape index (κ2) is 4.60. The Balaban J connectivity index is 1.78. The summed E-state index contributed by atoms with van der Waals surface area (Å²) in [7, 11) is 0. The number of allylic oxidation sites excluding steroid dienone is 1. The van der Waals surface area contributed by atoms with Crippen LogP contribution in [0.25, 0.3) is 0 Å². The van der Waals surface area contributed by atoms with Crippen molar-refractivity contribution in [3.05, 3.63) is 53.6 Å². The van der Waals surface area contributed by atoms with E-state index in [9.17, 15) is 4.79 Å². The molecule has 1 spiro atoms. The highest BCUT2D eigenvalue weighted by atomic mass is 16.2. The third-order valence-corrected chi connectivity index (χ3v) is 7.06. The van der Waals surface area contributed by atoms with E-state index in [2.05, 4.69) is 53.6 Å². The average molecular weight is 320 g/mol. The van der Waals surface area contributed by atoms with Gasteiger partial charge in [0.2, 0.25) is 5.91 Å². The van der Waals surface area contributed by atoms with Crippen LogP contribution in [-0.2, 0) is 10.2 Å². The smallest absolute Gasteiger partial charge is 0.224 e. The van der Waals surface area contributed by atoms with Gasteiger partial charge in [-0.1, -0.05) is 36.4 Å². The van der Waals surface area contributed by atoms with E-state index in [1.807, 2.05) is 0 Å². The third-order valence-electron chi connectivity index (χ3n) is 7.06. The van der Waals surface area contributed by atoms with Crippen LogP contribution in [0.2, 0.25) is 0 Å². The monoisotopic (exact) mass is 320 g/mol. The minimum Gasteiger partial charge on any atom is -0.304 e. The van der Waals surface area contributed by atoms with Gasteiger partial charge in [-0.05, 0) is 43.5 Å². The maximum Gasteiger partial charge on any atom is 0.224 e. The number of fused-ring (bicyclic) bond motifs is 2. The van der Waals surface area contributed by atoms with Gasteiger partial charge in [-0.2, -0.15) is 0 Å². The summed E-state index contributed by atoms with van der Waals surface area (Å²) in [6, 6.07) is 9.23. The molecule has 1 amide bonds. The average Bonchev–Trinajstić information content (AvgIpc) is 3.12. The van der Waals surface area contributed by atoms with E-state index in [1.165, 1.54) is 16.7 Å². The lowest BCUT2D eigenvalue weighted by Crippen LogP contribution is -2.61. The molecule has 3 heteroatoms. The lowest BCUT2D eigenvalue weighted by molar-refractivity contribution is -0.117. The summed E-state index contributed by atoms with van der Waals surface area (Å²) in [5, 5.41) is 0. The van der Waals surface area contributed by atoms with Crippen molar-refractivity contribution in [3.63, 3.8) is 0 Å². The summed E-state index contributed by atoms with van der Waals surface area (Å²) < 4.78 is 0. The molecule has 3 fully saturated rings. The van der Waals surface area contributed by atoms with Gasteiger partial charge in [-0.3, -0.25) is 9.69 Å². The van der Waals surface area contributed by atoms with E-state index in [4.69, 9.17) is 0 Å². The quantitative estimate of drug-likeness (QED) is 0.685. The Morgan fingerprint density at radius 1 is 1.38 bits per heavy atom. The molecule has 2 saturated heterocycles. The zero-order chi connectivity index (χ0) is 16.6. The lowest BCUT2D eigenvalue weighted by Gasteiger charge is -2.53. The van der Waals surface area contributed by atoms with Gasteiger partial charge >= 0.3 is 0 Å². The van der Waals surface area contributed by atoms with Crippen LogP contribution >= 0.6 is 0 Å². The van der Waals surface area contributed by atoms with Crippen molar-refractivity contribution in [2.24, 2.45) is 5.92 Å². The molecule has 24 heavy (non-hydrogen) atoms. The molecule has 0 N–H and O–H groups in total. The van der Waals surface area contributed by atoms with E-state index < -0.39 is 0 Å². The Bertz CT molecular complexity index is 795. The van der Waals surface area contributed by atoms with Gasteiger partial charge in [-0.15, -0.1) is 0 Å². The topological polar surface area (TPSA) is 23.6 Å². The van der Waals surface area contributed by atoms with Crippen LogP contribution in [0.3, 0.4) is 0 Å². The molecule has 3 aliphatic heterocycles. The van der Waals surface area contributed by atoms with Gasteiger partial charge in [-0.25, -0.2) is 0 Å². The number of carbonyl (C=O) groups is 1. The molecule has 4 aliphatic rings. The van der Waals surface area contributed by atoms with Crippen LogP contribution in [0.15, 0.2) is 48.1 Å². The van der Waals surface area contributed by atoms with Crippen LogP contribution in [-0.4, -0.2) is 36.0 Å². The van der Waals surface area contributed by atoms with Crippen molar-refractivity contribution >= 4 is 11.6 Å².